The first-order valence-corrected chi connectivity index (χ1v) is 24.9. The number of benzene rings is 6. The number of unbranched alkanes of at least 4 members (excludes halogenated alkanes) is 12. The lowest BCUT2D eigenvalue weighted by molar-refractivity contribution is 0.397. The first kappa shape index (κ1) is 43.0. The van der Waals surface area contributed by atoms with Gasteiger partial charge in [-0.15, -0.1) is 0 Å². The van der Waals surface area contributed by atoms with Crippen LogP contribution >= 0.6 is 0 Å². The fraction of sp³-hybridized carbons (Fsp3) is 0.433. The zero-order chi connectivity index (χ0) is 42.1. The molecule has 0 unspecified atom stereocenters. The van der Waals surface area contributed by atoms with E-state index in [1.54, 1.807) is 27.8 Å². The van der Waals surface area contributed by atoms with Crippen molar-refractivity contribution in [1.82, 2.24) is 0 Å². The van der Waals surface area contributed by atoms with Crippen molar-refractivity contribution < 1.29 is 0 Å². The second kappa shape index (κ2) is 20.0. The Balaban J connectivity index is 1.42. The molecular formula is C60H73N. The third-order valence-electron chi connectivity index (χ3n) is 14.8. The summed E-state index contributed by atoms with van der Waals surface area (Å²) in [6, 6.07) is 49.6. The summed E-state index contributed by atoms with van der Waals surface area (Å²) in [4.78, 5) is 2.54. The highest BCUT2D eigenvalue weighted by Crippen LogP contribution is 2.63. The van der Waals surface area contributed by atoms with Gasteiger partial charge in [0.15, 0.2) is 0 Å². The largest absolute Gasteiger partial charge is 0.310 e. The third-order valence-corrected chi connectivity index (χ3v) is 14.8. The van der Waals surface area contributed by atoms with Crippen molar-refractivity contribution in [3.8, 4) is 22.3 Å². The lowest BCUT2D eigenvalue weighted by Gasteiger charge is -2.35. The van der Waals surface area contributed by atoms with Gasteiger partial charge >= 0.3 is 0 Å². The SMILES string of the molecule is CCCCCCC1(CCCCCC)c2ccccc2-c2cc3c(cc21)-c1c(cc(N(c2ccccc2)c2ccccc2)c2ccccc12)C3(CCCCCC)CCCCCC. The standard InChI is InChI=1S/C60H73N/c1-5-9-13-27-39-59(40-28-14-10-6-2)53-38-26-25-35-48(53)51-43-55-52(44-54(51)59)58-50-37-24-23-36-49(50)57(61(46-31-19-17-20-32-46)47-33-21-18-22-34-47)45-56(58)60(55,41-29-15-11-7-3)42-30-16-12-8-4/h17-26,31-38,43-45H,5-16,27-30,39-42H2,1-4H3. The molecule has 0 spiro atoms. The van der Waals surface area contributed by atoms with Crippen LogP contribution in [-0.2, 0) is 10.8 Å². The molecule has 0 saturated heterocycles. The molecule has 1 heteroatoms. The van der Waals surface area contributed by atoms with Gasteiger partial charge in [0.1, 0.15) is 0 Å². The second-order valence-corrected chi connectivity index (χ2v) is 18.8. The molecule has 1 nitrogen and oxygen atoms in total. The molecule has 0 aromatic heterocycles. The quantitative estimate of drug-likeness (QED) is 0.0583. The summed E-state index contributed by atoms with van der Waals surface area (Å²) in [5.41, 5.74) is 16.3. The van der Waals surface area contributed by atoms with Crippen LogP contribution in [0.1, 0.15) is 178 Å². The number of para-hydroxylation sites is 2. The van der Waals surface area contributed by atoms with E-state index in [2.05, 4.69) is 160 Å². The molecule has 6 aromatic rings. The van der Waals surface area contributed by atoms with Crippen LogP contribution in [0.2, 0.25) is 0 Å². The third kappa shape index (κ3) is 8.36. The molecule has 0 radical (unpaired) electrons. The number of hydrogen-bond donors (Lipinski definition) is 0. The molecule has 8 rings (SSSR count). The van der Waals surface area contributed by atoms with Gasteiger partial charge in [0.2, 0.25) is 0 Å². The van der Waals surface area contributed by atoms with Crippen LogP contribution in [0, 0.1) is 0 Å². The van der Waals surface area contributed by atoms with Crippen LogP contribution in [0.15, 0.2) is 127 Å². The van der Waals surface area contributed by atoms with Gasteiger partial charge in [-0.2, -0.15) is 0 Å². The monoisotopic (exact) mass is 808 g/mol. The number of nitrogens with zero attached hydrogens (tertiary/aromatic N) is 1. The highest BCUT2D eigenvalue weighted by atomic mass is 15.1. The first-order valence-electron chi connectivity index (χ1n) is 24.9. The molecule has 61 heavy (non-hydrogen) atoms. The van der Waals surface area contributed by atoms with Crippen LogP contribution in [0.5, 0.6) is 0 Å². The minimum atomic E-state index is -0.0541. The molecule has 6 aromatic carbocycles. The van der Waals surface area contributed by atoms with E-state index in [1.807, 2.05) is 0 Å². The Morgan fingerprint density at radius 1 is 0.344 bits per heavy atom. The average Bonchev–Trinajstić information content (AvgIpc) is 3.73. The molecule has 2 aliphatic carbocycles. The van der Waals surface area contributed by atoms with Crippen molar-refractivity contribution in [2.24, 2.45) is 0 Å². The van der Waals surface area contributed by atoms with Gasteiger partial charge in [-0.3, -0.25) is 0 Å². The second-order valence-electron chi connectivity index (χ2n) is 18.8. The molecule has 0 amide bonds. The Morgan fingerprint density at radius 2 is 0.770 bits per heavy atom. The molecule has 0 fully saturated rings. The molecule has 0 bridgehead atoms. The molecule has 0 saturated carbocycles. The number of hydrogen-bond acceptors (Lipinski definition) is 1. The predicted molar refractivity (Wildman–Crippen MR) is 266 cm³/mol. The molecule has 0 aliphatic heterocycles. The van der Waals surface area contributed by atoms with E-state index in [0.29, 0.717) is 0 Å². The van der Waals surface area contributed by atoms with Crippen molar-refractivity contribution in [3.05, 3.63) is 150 Å². The highest BCUT2D eigenvalue weighted by Gasteiger charge is 2.48. The van der Waals surface area contributed by atoms with E-state index in [4.69, 9.17) is 0 Å². The van der Waals surface area contributed by atoms with Crippen molar-refractivity contribution >= 4 is 27.8 Å². The van der Waals surface area contributed by atoms with Gasteiger partial charge in [0.05, 0.1) is 5.69 Å². The lowest BCUT2D eigenvalue weighted by atomic mass is 9.68. The van der Waals surface area contributed by atoms with Crippen molar-refractivity contribution in [2.45, 2.75) is 167 Å². The summed E-state index contributed by atoms with van der Waals surface area (Å²) in [6.07, 6.45) is 25.6. The highest BCUT2D eigenvalue weighted by molar-refractivity contribution is 6.10. The predicted octanol–water partition coefficient (Wildman–Crippen LogP) is 18.7. The number of fused-ring (bicyclic) bond motifs is 8. The van der Waals surface area contributed by atoms with Gasteiger partial charge in [-0.05, 0) is 118 Å². The molecule has 0 N–H and O–H groups in total. The Kier molecular flexibility index (Phi) is 14.1. The zero-order valence-corrected chi connectivity index (χ0v) is 38.2. The summed E-state index contributed by atoms with van der Waals surface area (Å²) in [5, 5.41) is 2.74. The molecule has 0 atom stereocenters. The number of anilines is 3. The van der Waals surface area contributed by atoms with Gasteiger partial charge in [0.25, 0.3) is 0 Å². The average molecular weight is 808 g/mol. The van der Waals surface area contributed by atoms with Gasteiger partial charge in [-0.1, -0.05) is 215 Å². The summed E-state index contributed by atoms with van der Waals surface area (Å²) in [6.45, 7) is 9.43. The minimum Gasteiger partial charge on any atom is -0.310 e. The molecular weight excluding hydrogens is 735 g/mol. The summed E-state index contributed by atoms with van der Waals surface area (Å²) in [7, 11) is 0. The van der Waals surface area contributed by atoms with E-state index >= 15 is 0 Å². The maximum Gasteiger partial charge on any atom is 0.0543 e. The minimum absolute atomic E-state index is 0.0541. The van der Waals surface area contributed by atoms with E-state index in [0.717, 1.165) is 0 Å². The van der Waals surface area contributed by atoms with E-state index in [1.165, 1.54) is 173 Å². The van der Waals surface area contributed by atoms with Crippen molar-refractivity contribution in [1.29, 1.82) is 0 Å². The molecule has 0 heterocycles. The van der Waals surface area contributed by atoms with Crippen LogP contribution in [0.3, 0.4) is 0 Å². The smallest absolute Gasteiger partial charge is 0.0543 e. The Morgan fingerprint density at radius 3 is 1.30 bits per heavy atom. The Labute approximate surface area is 370 Å². The fourth-order valence-electron chi connectivity index (χ4n) is 11.8. The van der Waals surface area contributed by atoms with Crippen LogP contribution < -0.4 is 4.90 Å². The van der Waals surface area contributed by atoms with E-state index < -0.39 is 0 Å². The van der Waals surface area contributed by atoms with Crippen molar-refractivity contribution in [3.63, 3.8) is 0 Å². The van der Waals surface area contributed by atoms with Gasteiger partial charge < -0.3 is 4.90 Å². The Hall–Kier alpha value is -4.62. The van der Waals surface area contributed by atoms with Gasteiger partial charge in [0, 0.05) is 27.6 Å². The summed E-state index contributed by atoms with van der Waals surface area (Å²) in [5.74, 6) is 0. The molecule has 2 aliphatic rings. The normalized spacial score (nSPS) is 14.2. The summed E-state index contributed by atoms with van der Waals surface area (Å²) >= 11 is 0. The maximum atomic E-state index is 2.81. The fourth-order valence-corrected chi connectivity index (χ4v) is 11.8. The van der Waals surface area contributed by atoms with E-state index in [9.17, 15) is 0 Å². The van der Waals surface area contributed by atoms with Gasteiger partial charge in [-0.25, -0.2) is 0 Å². The number of rotatable bonds is 23. The first-order chi connectivity index (χ1) is 30.1. The lowest BCUT2D eigenvalue weighted by Crippen LogP contribution is -2.27. The maximum absolute atomic E-state index is 2.81. The van der Waals surface area contributed by atoms with E-state index in [-0.39, 0.29) is 10.8 Å². The molecule has 318 valence electrons. The topological polar surface area (TPSA) is 3.24 Å². The van der Waals surface area contributed by atoms with Crippen LogP contribution in [-0.4, -0.2) is 0 Å². The van der Waals surface area contributed by atoms with Crippen molar-refractivity contribution in [2.75, 3.05) is 4.90 Å². The Bertz CT molecular complexity index is 2270. The van der Waals surface area contributed by atoms with Crippen LogP contribution in [0.25, 0.3) is 33.0 Å². The van der Waals surface area contributed by atoms with Crippen LogP contribution in [0.4, 0.5) is 17.1 Å². The summed E-state index contributed by atoms with van der Waals surface area (Å²) < 4.78 is 0. The zero-order valence-electron chi connectivity index (χ0n) is 38.2.